The molecule has 0 heterocycles. The van der Waals surface area contributed by atoms with Gasteiger partial charge < -0.3 is 9.47 Å². The zero-order valence-electron chi connectivity index (χ0n) is 19.7. The molecule has 0 atom stereocenters. The topological polar surface area (TPSA) is 51.1 Å². The Balaban J connectivity index is 1.93. The quantitative estimate of drug-likeness (QED) is 0.298. The van der Waals surface area contributed by atoms with Gasteiger partial charge in [-0.15, -0.1) is 0 Å². The molecule has 0 bridgehead atoms. The van der Waals surface area contributed by atoms with Gasteiger partial charge in [-0.25, -0.2) is 9.79 Å². The van der Waals surface area contributed by atoms with Crippen LogP contribution in [0.3, 0.4) is 0 Å². The predicted octanol–water partition coefficient (Wildman–Crippen LogP) is 6.91. The van der Waals surface area contributed by atoms with Crippen molar-refractivity contribution < 1.29 is 14.3 Å². The van der Waals surface area contributed by atoms with E-state index < -0.39 is 11.7 Å². The minimum atomic E-state index is -0.639. The van der Waals surface area contributed by atoms with Crippen molar-refractivity contribution in [2.24, 2.45) is 4.99 Å². The van der Waals surface area contributed by atoms with Crippen LogP contribution in [0.2, 0.25) is 5.02 Å². The van der Waals surface area contributed by atoms with Crippen LogP contribution >= 0.6 is 11.6 Å². The first-order valence-corrected chi connectivity index (χ1v) is 11.2. The summed E-state index contributed by atoms with van der Waals surface area (Å²) in [6.45, 7) is 5.59. The number of nitrogens with zero attached hydrogens (tertiary/aromatic N) is 2. The predicted molar refractivity (Wildman–Crippen MR) is 138 cm³/mol. The van der Waals surface area contributed by atoms with Gasteiger partial charge in [0.05, 0.1) is 19.3 Å². The van der Waals surface area contributed by atoms with E-state index in [0.717, 1.165) is 17.0 Å². The molecule has 5 nitrogen and oxygen atoms in total. The Morgan fingerprint density at radius 2 is 1.62 bits per heavy atom. The van der Waals surface area contributed by atoms with E-state index in [-0.39, 0.29) is 6.54 Å². The summed E-state index contributed by atoms with van der Waals surface area (Å²) in [5.41, 5.74) is 2.21. The van der Waals surface area contributed by atoms with Gasteiger partial charge in [0, 0.05) is 16.3 Å². The highest BCUT2D eigenvalue weighted by atomic mass is 35.5. The first-order valence-electron chi connectivity index (χ1n) is 10.8. The Morgan fingerprint density at radius 1 is 0.971 bits per heavy atom. The lowest BCUT2D eigenvalue weighted by Crippen LogP contribution is -2.37. The summed E-state index contributed by atoms with van der Waals surface area (Å²) in [6, 6.07) is 24.1. The van der Waals surface area contributed by atoms with E-state index >= 15 is 0 Å². The van der Waals surface area contributed by atoms with Crippen molar-refractivity contribution in [1.29, 1.82) is 0 Å². The highest BCUT2D eigenvalue weighted by Gasteiger charge is 2.23. The summed E-state index contributed by atoms with van der Waals surface area (Å²) in [4.78, 5) is 19.1. The third-order valence-electron chi connectivity index (χ3n) is 4.56. The third kappa shape index (κ3) is 7.40. The molecule has 0 radical (unpaired) electrons. The van der Waals surface area contributed by atoms with Crippen molar-refractivity contribution in [3.8, 4) is 17.6 Å². The molecule has 174 valence electrons. The van der Waals surface area contributed by atoms with Crippen LogP contribution in [0.1, 0.15) is 26.3 Å². The van der Waals surface area contributed by atoms with Crippen molar-refractivity contribution in [3.63, 3.8) is 0 Å². The SMILES string of the molecule is COc1ccc(N=C(C#CCN(C(=O)OC(C)(C)C)c2ccc(Cl)cc2)c2ccccc2)cc1. The minimum absolute atomic E-state index is 0.116. The zero-order valence-corrected chi connectivity index (χ0v) is 20.5. The molecule has 0 spiro atoms. The summed E-state index contributed by atoms with van der Waals surface area (Å²) in [5.74, 6) is 6.98. The number of aliphatic imine (C=N–C) groups is 1. The Kier molecular flexibility index (Phi) is 8.34. The molecule has 3 aromatic rings. The van der Waals surface area contributed by atoms with Crippen LogP contribution in [0.5, 0.6) is 5.75 Å². The fourth-order valence-corrected chi connectivity index (χ4v) is 3.07. The fraction of sp³-hybridized carbons (Fsp3) is 0.214. The highest BCUT2D eigenvalue weighted by Crippen LogP contribution is 2.21. The van der Waals surface area contributed by atoms with Crippen molar-refractivity contribution in [2.45, 2.75) is 26.4 Å². The van der Waals surface area contributed by atoms with E-state index in [1.54, 1.807) is 31.4 Å². The van der Waals surface area contributed by atoms with E-state index in [2.05, 4.69) is 11.8 Å². The first kappa shape index (κ1) is 24.9. The van der Waals surface area contributed by atoms with Gasteiger partial charge in [-0.3, -0.25) is 4.90 Å². The molecule has 0 unspecified atom stereocenters. The zero-order chi connectivity index (χ0) is 24.6. The lowest BCUT2D eigenvalue weighted by atomic mass is 10.1. The normalized spacial score (nSPS) is 11.3. The molecule has 6 heteroatoms. The average molecular weight is 475 g/mol. The number of methoxy groups -OCH3 is 1. The second kappa shape index (κ2) is 11.4. The van der Waals surface area contributed by atoms with E-state index in [1.165, 1.54) is 4.90 Å². The molecule has 0 N–H and O–H groups in total. The standard InChI is InChI=1S/C28H27ClN2O3/c1-28(2,3)34-27(32)31(24-16-12-22(29)13-17-24)20-8-11-26(21-9-6-5-7-10-21)30-23-14-18-25(33-4)19-15-23/h5-7,9-10,12-19H,20H2,1-4H3. The molecule has 0 aliphatic heterocycles. The largest absolute Gasteiger partial charge is 0.497 e. The second-order valence-corrected chi connectivity index (χ2v) is 8.81. The lowest BCUT2D eigenvalue weighted by Gasteiger charge is -2.26. The highest BCUT2D eigenvalue weighted by molar-refractivity contribution is 6.30. The van der Waals surface area contributed by atoms with Crippen LogP contribution in [0, 0.1) is 11.8 Å². The molecule has 0 aliphatic carbocycles. The van der Waals surface area contributed by atoms with Gasteiger partial charge in [0.2, 0.25) is 0 Å². The van der Waals surface area contributed by atoms with Crippen LogP contribution in [0.4, 0.5) is 16.2 Å². The van der Waals surface area contributed by atoms with Gasteiger partial charge in [0.15, 0.2) is 0 Å². The van der Waals surface area contributed by atoms with Gasteiger partial charge in [-0.2, -0.15) is 0 Å². The summed E-state index contributed by atoms with van der Waals surface area (Å²) in [6.07, 6.45) is -0.488. The van der Waals surface area contributed by atoms with Crippen LogP contribution in [0.15, 0.2) is 83.9 Å². The number of carbonyl (C=O) groups is 1. The molecule has 0 saturated carbocycles. The Hall–Kier alpha value is -3.75. The molecule has 3 aromatic carbocycles. The number of ether oxygens (including phenoxy) is 2. The lowest BCUT2D eigenvalue weighted by molar-refractivity contribution is 0.0585. The molecule has 1 amide bonds. The minimum Gasteiger partial charge on any atom is -0.497 e. The van der Waals surface area contributed by atoms with Crippen LogP contribution in [0.25, 0.3) is 0 Å². The van der Waals surface area contributed by atoms with Crippen LogP contribution < -0.4 is 9.64 Å². The number of hydrogen-bond acceptors (Lipinski definition) is 4. The van der Waals surface area contributed by atoms with Crippen molar-refractivity contribution in [2.75, 3.05) is 18.6 Å². The van der Waals surface area contributed by atoms with Gasteiger partial charge >= 0.3 is 6.09 Å². The third-order valence-corrected chi connectivity index (χ3v) is 4.81. The molecule has 0 aromatic heterocycles. The fourth-order valence-electron chi connectivity index (χ4n) is 2.95. The number of hydrogen-bond donors (Lipinski definition) is 0. The molecular weight excluding hydrogens is 448 g/mol. The van der Waals surface area contributed by atoms with Crippen LogP contribution in [-0.2, 0) is 4.74 Å². The smallest absolute Gasteiger partial charge is 0.415 e. The van der Waals surface area contributed by atoms with E-state index in [4.69, 9.17) is 26.1 Å². The molecule has 34 heavy (non-hydrogen) atoms. The van der Waals surface area contributed by atoms with Gasteiger partial charge in [-0.05, 0) is 75.2 Å². The average Bonchev–Trinajstić information content (AvgIpc) is 2.81. The van der Waals surface area contributed by atoms with Crippen molar-refractivity contribution in [3.05, 3.63) is 89.4 Å². The van der Waals surface area contributed by atoms with Crippen molar-refractivity contribution in [1.82, 2.24) is 0 Å². The monoisotopic (exact) mass is 474 g/mol. The number of carbonyl (C=O) groups excluding carboxylic acids is 1. The summed E-state index contributed by atoms with van der Waals surface area (Å²) >= 11 is 6.03. The van der Waals surface area contributed by atoms with E-state index in [9.17, 15) is 4.79 Å². The number of amides is 1. The molecular formula is C28H27ClN2O3. The Morgan fingerprint density at radius 3 is 2.21 bits per heavy atom. The number of benzene rings is 3. The van der Waals surface area contributed by atoms with Crippen molar-refractivity contribution >= 4 is 34.8 Å². The van der Waals surface area contributed by atoms with Gasteiger partial charge in [0.1, 0.15) is 17.1 Å². The van der Waals surface area contributed by atoms with E-state index in [1.807, 2.05) is 75.4 Å². The maximum Gasteiger partial charge on any atom is 0.415 e. The number of rotatable bonds is 5. The number of anilines is 1. The first-order chi connectivity index (χ1) is 16.2. The van der Waals surface area contributed by atoms with Gasteiger partial charge in [0.25, 0.3) is 0 Å². The maximum atomic E-state index is 12.9. The summed E-state index contributed by atoms with van der Waals surface area (Å²) < 4.78 is 10.8. The van der Waals surface area contributed by atoms with Crippen LogP contribution in [-0.4, -0.2) is 31.1 Å². The summed E-state index contributed by atoms with van der Waals surface area (Å²) in [5, 5.41) is 0.581. The second-order valence-electron chi connectivity index (χ2n) is 8.37. The molecule has 3 rings (SSSR count). The van der Waals surface area contributed by atoms with E-state index in [0.29, 0.717) is 16.4 Å². The summed E-state index contributed by atoms with van der Waals surface area (Å²) in [7, 11) is 1.62. The Labute approximate surface area is 206 Å². The molecule has 0 aliphatic rings. The molecule has 0 saturated heterocycles. The maximum absolute atomic E-state index is 12.9. The molecule has 0 fully saturated rings. The van der Waals surface area contributed by atoms with Gasteiger partial charge in [-0.1, -0.05) is 47.9 Å². The number of halogens is 1. The Bertz CT molecular complexity index is 1190.